The van der Waals surface area contributed by atoms with E-state index in [-0.39, 0.29) is 11.2 Å². The highest BCUT2D eigenvalue weighted by molar-refractivity contribution is 8.00. The summed E-state index contributed by atoms with van der Waals surface area (Å²) in [4.78, 5) is 11.4. The molecule has 1 aromatic heterocycles. The molecule has 0 radical (unpaired) electrons. The maximum absolute atomic E-state index is 11.4. The summed E-state index contributed by atoms with van der Waals surface area (Å²) in [6.45, 7) is 1.75. The Morgan fingerprint density at radius 1 is 1.39 bits per heavy atom. The molecular formula is C11H12N4O2S. The van der Waals surface area contributed by atoms with Crippen molar-refractivity contribution in [1.29, 1.82) is 0 Å². The Balaban J connectivity index is 2.21. The molecule has 0 aliphatic carbocycles. The van der Waals surface area contributed by atoms with Crippen molar-refractivity contribution in [3.8, 4) is 5.69 Å². The van der Waals surface area contributed by atoms with Crippen LogP contribution in [0.25, 0.3) is 5.69 Å². The highest BCUT2D eigenvalue weighted by Gasteiger charge is 2.19. The smallest absolute Gasteiger partial charge is 0.318 e. The Labute approximate surface area is 108 Å². The van der Waals surface area contributed by atoms with Gasteiger partial charge in [0, 0.05) is 0 Å². The van der Waals surface area contributed by atoms with E-state index in [1.54, 1.807) is 11.6 Å². The van der Waals surface area contributed by atoms with Gasteiger partial charge in [0.05, 0.1) is 12.8 Å². The first kappa shape index (κ1) is 12.6. The second-order valence-electron chi connectivity index (χ2n) is 3.49. The molecule has 1 aromatic carbocycles. The van der Waals surface area contributed by atoms with Gasteiger partial charge in [-0.3, -0.25) is 4.79 Å². The molecule has 18 heavy (non-hydrogen) atoms. The largest absolute Gasteiger partial charge is 0.468 e. The molecule has 0 bridgehead atoms. The van der Waals surface area contributed by atoms with Crippen molar-refractivity contribution < 1.29 is 9.53 Å². The van der Waals surface area contributed by atoms with Gasteiger partial charge in [-0.15, -0.1) is 5.10 Å². The first-order valence-electron chi connectivity index (χ1n) is 5.30. The van der Waals surface area contributed by atoms with Crippen molar-refractivity contribution in [2.24, 2.45) is 0 Å². The second kappa shape index (κ2) is 5.63. The first-order valence-corrected chi connectivity index (χ1v) is 6.18. The molecule has 0 fully saturated rings. The molecule has 6 nitrogen and oxygen atoms in total. The van der Waals surface area contributed by atoms with Crippen LogP contribution in [0.4, 0.5) is 0 Å². The number of hydrogen-bond acceptors (Lipinski definition) is 6. The fraction of sp³-hybridized carbons (Fsp3) is 0.273. The molecule has 0 aliphatic rings. The van der Waals surface area contributed by atoms with Gasteiger partial charge in [0.1, 0.15) is 5.25 Å². The van der Waals surface area contributed by atoms with Crippen molar-refractivity contribution >= 4 is 17.7 Å². The Morgan fingerprint density at radius 3 is 2.78 bits per heavy atom. The summed E-state index contributed by atoms with van der Waals surface area (Å²) in [5.74, 6) is -0.303. The van der Waals surface area contributed by atoms with E-state index in [1.807, 2.05) is 30.3 Å². The SMILES string of the molecule is COC(=O)[C@H](C)Sc1nnnn1-c1ccccc1. The number of carbonyl (C=O) groups excluding carboxylic acids is 1. The molecule has 2 aromatic rings. The number of hydrogen-bond donors (Lipinski definition) is 0. The zero-order chi connectivity index (χ0) is 13.0. The molecule has 2 rings (SSSR count). The summed E-state index contributed by atoms with van der Waals surface area (Å²) in [6.07, 6.45) is 0. The minimum absolute atomic E-state index is 0.303. The van der Waals surface area contributed by atoms with Crippen LogP contribution in [0.1, 0.15) is 6.92 Å². The Kier molecular flexibility index (Phi) is 3.93. The van der Waals surface area contributed by atoms with E-state index in [2.05, 4.69) is 20.3 Å². The number of ether oxygens (including phenoxy) is 1. The van der Waals surface area contributed by atoms with Crippen molar-refractivity contribution in [2.75, 3.05) is 7.11 Å². The highest BCUT2D eigenvalue weighted by Crippen LogP contribution is 2.23. The van der Waals surface area contributed by atoms with Crippen LogP contribution in [0.15, 0.2) is 35.5 Å². The van der Waals surface area contributed by atoms with Crippen LogP contribution >= 0.6 is 11.8 Å². The lowest BCUT2D eigenvalue weighted by molar-refractivity contribution is -0.139. The number of nitrogens with zero attached hydrogens (tertiary/aromatic N) is 4. The number of thioether (sulfide) groups is 1. The average molecular weight is 264 g/mol. The molecule has 7 heteroatoms. The van der Waals surface area contributed by atoms with Crippen LogP contribution in [-0.4, -0.2) is 38.5 Å². The van der Waals surface area contributed by atoms with Gasteiger partial charge in [-0.05, 0) is 29.5 Å². The third-order valence-corrected chi connectivity index (χ3v) is 3.27. The monoisotopic (exact) mass is 264 g/mol. The Bertz CT molecular complexity index is 529. The fourth-order valence-corrected chi connectivity index (χ4v) is 2.19. The second-order valence-corrected chi connectivity index (χ2v) is 4.80. The van der Waals surface area contributed by atoms with Gasteiger partial charge in [-0.25, -0.2) is 0 Å². The summed E-state index contributed by atoms with van der Waals surface area (Å²) in [5, 5.41) is 11.6. The molecule has 94 valence electrons. The van der Waals surface area contributed by atoms with E-state index in [9.17, 15) is 4.79 Å². The summed E-state index contributed by atoms with van der Waals surface area (Å²) in [6, 6.07) is 9.49. The molecule has 1 heterocycles. The first-order chi connectivity index (χ1) is 8.72. The Hall–Kier alpha value is -1.89. The molecule has 0 aliphatic heterocycles. The van der Waals surface area contributed by atoms with Gasteiger partial charge in [0.15, 0.2) is 0 Å². The minimum Gasteiger partial charge on any atom is -0.468 e. The average Bonchev–Trinajstić information content (AvgIpc) is 2.86. The van der Waals surface area contributed by atoms with E-state index >= 15 is 0 Å². The van der Waals surface area contributed by atoms with Gasteiger partial charge in [0.2, 0.25) is 5.16 Å². The molecule has 0 N–H and O–H groups in total. The number of aromatic nitrogens is 4. The number of esters is 1. The molecule has 0 unspecified atom stereocenters. The molecule has 0 saturated carbocycles. The van der Waals surface area contributed by atoms with Gasteiger partial charge >= 0.3 is 5.97 Å². The number of benzene rings is 1. The molecular weight excluding hydrogens is 252 g/mol. The number of carbonyl (C=O) groups is 1. The number of rotatable bonds is 4. The predicted octanol–water partition coefficient (Wildman–Crippen LogP) is 1.32. The molecule has 0 saturated heterocycles. The van der Waals surface area contributed by atoms with Crippen LogP contribution < -0.4 is 0 Å². The fourth-order valence-electron chi connectivity index (χ4n) is 1.36. The maximum Gasteiger partial charge on any atom is 0.318 e. The summed E-state index contributed by atoms with van der Waals surface area (Å²) in [5.41, 5.74) is 0.849. The third-order valence-electron chi connectivity index (χ3n) is 2.26. The minimum atomic E-state index is -0.358. The number of methoxy groups -OCH3 is 1. The van der Waals surface area contributed by atoms with Crippen molar-refractivity contribution in [3.05, 3.63) is 30.3 Å². The van der Waals surface area contributed by atoms with Crippen LogP contribution in [0, 0.1) is 0 Å². The van der Waals surface area contributed by atoms with Crippen LogP contribution in [0.3, 0.4) is 0 Å². The van der Waals surface area contributed by atoms with Crippen molar-refractivity contribution in [3.63, 3.8) is 0 Å². The molecule has 1 atom stereocenters. The summed E-state index contributed by atoms with van der Waals surface area (Å²) >= 11 is 1.26. The lowest BCUT2D eigenvalue weighted by Gasteiger charge is -2.08. The normalized spacial score (nSPS) is 12.1. The van der Waals surface area contributed by atoms with E-state index in [0.717, 1.165) is 5.69 Å². The zero-order valence-electron chi connectivity index (χ0n) is 9.98. The molecule has 0 spiro atoms. The summed E-state index contributed by atoms with van der Waals surface area (Å²) in [7, 11) is 1.36. The lowest BCUT2D eigenvalue weighted by atomic mass is 10.3. The van der Waals surface area contributed by atoms with Crippen LogP contribution in [-0.2, 0) is 9.53 Å². The van der Waals surface area contributed by atoms with E-state index in [4.69, 9.17) is 0 Å². The van der Waals surface area contributed by atoms with Crippen molar-refractivity contribution in [2.45, 2.75) is 17.3 Å². The number of tetrazole rings is 1. The van der Waals surface area contributed by atoms with E-state index < -0.39 is 0 Å². The van der Waals surface area contributed by atoms with E-state index in [1.165, 1.54) is 18.9 Å². The van der Waals surface area contributed by atoms with Gasteiger partial charge in [-0.2, -0.15) is 4.68 Å². The third kappa shape index (κ3) is 2.67. The maximum atomic E-state index is 11.4. The van der Waals surface area contributed by atoms with E-state index in [0.29, 0.717) is 5.16 Å². The standard InChI is InChI=1S/C11H12N4O2S/c1-8(10(16)17-2)18-11-12-13-14-15(11)9-6-4-3-5-7-9/h3-8H,1-2H3/t8-/m0/s1. The zero-order valence-corrected chi connectivity index (χ0v) is 10.8. The Morgan fingerprint density at radius 2 is 2.11 bits per heavy atom. The summed E-state index contributed by atoms with van der Waals surface area (Å²) < 4.78 is 6.26. The van der Waals surface area contributed by atoms with Gasteiger partial charge < -0.3 is 4.74 Å². The predicted molar refractivity (Wildman–Crippen MR) is 66.5 cm³/mol. The van der Waals surface area contributed by atoms with Crippen LogP contribution in [0.5, 0.6) is 0 Å². The quantitative estimate of drug-likeness (QED) is 0.612. The lowest BCUT2D eigenvalue weighted by Crippen LogP contribution is -2.15. The van der Waals surface area contributed by atoms with Gasteiger partial charge in [-0.1, -0.05) is 30.0 Å². The highest BCUT2D eigenvalue weighted by atomic mass is 32.2. The van der Waals surface area contributed by atoms with Crippen LogP contribution in [0.2, 0.25) is 0 Å². The van der Waals surface area contributed by atoms with Crippen molar-refractivity contribution in [1.82, 2.24) is 20.2 Å². The number of para-hydroxylation sites is 1. The molecule has 0 amide bonds. The topological polar surface area (TPSA) is 69.9 Å². The van der Waals surface area contributed by atoms with Gasteiger partial charge in [0.25, 0.3) is 0 Å².